The molecule has 0 atom stereocenters. The van der Waals surface area contributed by atoms with Gasteiger partial charge in [0.15, 0.2) is 0 Å². The zero-order chi connectivity index (χ0) is 8.72. The summed E-state index contributed by atoms with van der Waals surface area (Å²) < 4.78 is 2.06. The van der Waals surface area contributed by atoms with Gasteiger partial charge >= 0.3 is 0 Å². The molecule has 2 N–H and O–H groups in total. The van der Waals surface area contributed by atoms with Gasteiger partial charge in [-0.15, -0.1) is 11.3 Å². The van der Waals surface area contributed by atoms with E-state index in [9.17, 15) is 0 Å². The van der Waals surface area contributed by atoms with Gasteiger partial charge in [-0.1, -0.05) is 11.6 Å². The van der Waals surface area contributed by atoms with Crippen molar-refractivity contribution >= 4 is 38.7 Å². The molecule has 0 fully saturated rings. The van der Waals surface area contributed by atoms with Crippen LogP contribution in [0.3, 0.4) is 0 Å². The Morgan fingerprint density at radius 1 is 1.42 bits per heavy atom. The smallest absolute Gasteiger partial charge is 0.0969 e. The molecule has 0 saturated heterocycles. The first-order valence-electron chi connectivity index (χ1n) is 3.62. The molecule has 2 rings (SSSR count). The first-order valence-corrected chi connectivity index (χ1v) is 4.82. The Hall–Kier alpha value is -0.730. The Balaban J connectivity index is 2.88. The Morgan fingerprint density at radius 3 is 2.92 bits per heavy atom. The second kappa shape index (κ2) is 2.64. The Bertz CT molecular complexity index is 433. The van der Waals surface area contributed by atoms with E-state index in [1.165, 1.54) is 10.1 Å². The first-order chi connectivity index (χ1) is 5.68. The Kier molecular flexibility index (Phi) is 1.74. The van der Waals surface area contributed by atoms with Gasteiger partial charge in [0.2, 0.25) is 0 Å². The third-order valence-corrected chi connectivity index (χ3v) is 3.48. The lowest BCUT2D eigenvalue weighted by atomic mass is 10.2. The second-order valence-electron chi connectivity index (χ2n) is 2.76. The van der Waals surface area contributed by atoms with E-state index < -0.39 is 0 Å². The normalized spacial score (nSPS) is 10.8. The number of anilines is 1. The number of nitrogens with two attached hydrogens (primary N) is 1. The average Bonchev–Trinajstić information content (AvgIpc) is 2.31. The molecular formula is C9H8ClNS. The number of hydrogen-bond acceptors (Lipinski definition) is 2. The summed E-state index contributed by atoms with van der Waals surface area (Å²) in [4.78, 5) is 0. The van der Waals surface area contributed by atoms with Crippen LogP contribution in [0.2, 0.25) is 4.34 Å². The molecule has 0 amide bonds. The largest absolute Gasteiger partial charge is 0.399 e. The van der Waals surface area contributed by atoms with Crippen molar-refractivity contribution < 1.29 is 0 Å². The van der Waals surface area contributed by atoms with Crippen molar-refractivity contribution in [1.82, 2.24) is 0 Å². The number of hydrogen-bond donors (Lipinski definition) is 1. The summed E-state index contributed by atoms with van der Waals surface area (Å²) in [5.41, 5.74) is 7.58. The molecule has 0 spiro atoms. The van der Waals surface area contributed by atoms with Crippen molar-refractivity contribution in [3.05, 3.63) is 28.1 Å². The summed E-state index contributed by atoms with van der Waals surface area (Å²) in [6.07, 6.45) is 0. The molecule has 0 unspecified atom stereocenters. The van der Waals surface area contributed by atoms with Crippen LogP contribution >= 0.6 is 22.9 Å². The van der Waals surface area contributed by atoms with Crippen LogP contribution in [0.15, 0.2) is 18.2 Å². The van der Waals surface area contributed by atoms with Crippen LogP contribution in [0.4, 0.5) is 5.69 Å². The van der Waals surface area contributed by atoms with E-state index in [1.807, 2.05) is 25.1 Å². The predicted octanol–water partition coefficient (Wildman–Crippen LogP) is 3.45. The fourth-order valence-corrected chi connectivity index (χ4v) is 2.47. The Labute approximate surface area is 79.8 Å². The number of rotatable bonds is 0. The zero-order valence-electron chi connectivity index (χ0n) is 6.60. The van der Waals surface area contributed by atoms with Gasteiger partial charge in [-0.25, -0.2) is 0 Å². The molecule has 1 aromatic heterocycles. The first kappa shape index (κ1) is 7.90. The lowest BCUT2D eigenvalue weighted by Gasteiger charge is -1.93. The number of nitrogen functional groups attached to an aromatic ring is 1. The van der Waals surface area contributed by atoms with Crippen molar-refractivity contribution in [2.24, 2.45) is 0 Å². The van der Waals surface area contributed by atoms with Gasteiger partial charge in [0.05, 0.1) is 4.34 Å². The summed E-state index contributed by atoms with van der Waals surface area (Å²) in [5, 5.41) is 1.17. The molecule has 0 aliphatic carbocycles. The summed E-state index contributed by atoms with van der Waals surface area (Å²) in [7, 11) is 0. The number of benzene rings is 1. The molecular weight excluding hydrogens is 190 g/mol. The summed E-state index contributed by atoms with van der Waals surface area (Å²) in [5.74, 6) is 0. The van der Waals surface area contributed by atoms with Gasteiger partial charge in [-0.05, 0) is 36.1 Å². The van der Waals surface area contributed by atoms with E-state index in [0.29, 0.717) is 0 Å². The van der Waals surface area contributed by atoms with E-state index in [-0.39, 0.29) is 0 Å². The minimum Gasteiger partial charge on any atom is -0.399 e. The van der Waals surface area contributed by atoms with Crippen molar-refractivity contribution in [3.63, 3.8) is 0 Å². The van der Waals surface area contributed by atoms with Crippen molar-refractivity contribution in [2.75, 3.05) is 5.73 Å². The average molecular weight is 198 g/mol. The van der Waals surface area contributed by atoms with E-state index in [0.717, 1.165) is 15.6 Å². The maximum absolute atomic E-state index is 5.98. The minimum atomic E-state index is 0.792. The zero-order valence-corrected chi connectivity index (χ0v) is 8.17. The molecule has 62 valence electrons. The van der Waals surface area contributed by atoms with Gasteiger partial charge in [0, 0.05) is 10.4 Å². The molecule has 2 aromatic rings. The van der Waals surface area contributed by atoms with E-state index >= 15 is 0 Å². The molecule has 0 bridgehead atoms. The lowest BCUT2D eigenvalue weighted by molar-refractivity contribution is 1.59. The fourth-order valence-electron chi connectivity index (χ4n) is 1.21. The third-order valence-electron chi connectivity index (χ3n) is 1.90. The van der Waals surface area contributed by atoms with Crippen molar-refractivity contribution in [3.8, 4) is 0 Å². The highest BCUT2D eigenvalue weighted by molar-refractivity contribution is 7.22. The van der Waals surface area contributed by atoms with Crippen molar-refractivity contribution in [1.29, 1.82) is 0 Å². The van der Waals surface area contributed by atoms with Gasteiger partial charge in [-0.2, -0.15) is 0 Å². The van der Waals surface area contributed by atoms with Gasteiger partial charge < -0.3 is 5.73 Å². The van der Waals surface area contributed by atoms with Crippen LogP contribution < -0.4 is 5.73 Å². The van der Waals surface area contributed by atoms with Crippen LogP contribution in [0, 0.1) is 6.92 Å². The van der Waals surface area contributed by atoms with Gasteiger partial charge in [0.25, 0.3) is 0 Å². The molecule has 0 aliphatic rings. The highest BCUT2D eigenvalue weighted by Crippen LogP contribution is 2.35. The summed E-state index contributed by atoms with van der Waals surface area (Å²) >= 11 is 7.58. The molecule has 0 aliphatic heterocycles. The number of aryl methyl sites for hydroxylation is 1. The topological polar surface area (TPSA) is 26.0 Å². The fraction of sp³-hybridized carbons (Fsp3) is 0.111. The standard InChI is InChI=1S/C9H8ClNS/c1-5-7-4-6(11)2-3-8(7)12-9(5)10/h2-4H,11H2,1H3. The van der Waals surface area contributed by atoms with Crippen LogP contribution in [-0.2, 0) is 0 Å². The lowest BCUT2D eigenvalue weighted by Crippen LogP contribution is -1.82. The minimum absolute atomic E-state index is 0.792. The maximum atomic E-state index is 5.98. The third kappa shape index (κ3) is 1.08. The highest BCUT2D eigenvalue weighted by atomic mass is 35.5. The monoisotopic (exact) mass is 197 g/mol. The van der Waals surface area contributed by atoms with Crippen LogP contribution in [0.1, 0.15) is 5.56 Å². The Morgan fingerprint density at radius 2 is 2.17 bits per heavy atom. The predicted molar refractivity (Wildman–Crippen MR) is 56.0 cm³/mol. The van der Waals surface area contributed by atoms with Crippen LogP contribution in [-0.4, -0.2) is 0 Å². The van der Waals surface area contributed by atoms with Gasteiger partial charge in [0.1, 0.15) is 0 Å². The van der Waals surface area contributed by atoms with E-state index in [1.54, 1.807) is 11.3 Å². The number of halogens is 1. The van der Waals surface area contributed by atoms with E-state index in [4.69, 9.17) is 17.3 Å². The molecule has 1 heterocycles. The van der Waals surface area contributed by atoms with Crippen LogP contribution in [0.25, 0.3) is 10.1 Å². The second-order valence-corrected chi connectivity index (χ2v) is 4.41. The summed E-state index contributed by atoms with van der Waals surface area (Å²) in [6, 6.07) is 5.87. The van der Waals surface area contributed by atoms with Crippen molar-refractivity contribution in [2.45, 2.75) is 6.92 Å². The molecule has 0 radical (unpaired) electrons. The van der Waals surface area contributed by atoms with Crippen LogP contribution in [0.5, 0.6) is 0 Å². The molecule has 12 heavy (non-hydrogen) atoms. The quantitative estimate of drug-likeness (QED) is 0.644. The molecule has 1 nitrogen and oxygen atoms in total. The number of fused-ring (bicyclic) bond motifs is 1. The SMILES string of the molecule is Cc1c(Cl)sc2ccc(N)cc12. The molecule has 1 aromatic carbocycles. The molecule has 3 heteroatoms. The summed E-state index contributed by atoms with van der Waals surface area (Å²) in [6.45, 7) is 2.01. The van der Waals surface area contributed by atoms with E-state index in [2.05, 4.69) is 0 Å². The molecule has 0 saturated carbocycles. The number of thiophene rings is 1. The highest BCUT2D eigenvalue weighted by Gasteiger charge is 2.05. The van der Waals surface area contributed by atoms with Gasteiger partial charge in [-0.3, -0.25) is 0 Å². The maximum Gasteiger partial charge on any atom is 0.0969 e.